The van der Waals surface area contributed by atoms with E-state index in [1.807, 2.05) is 72.8 Å². The topological polar surface area (TPSA) is 18.5 Å². The van der Waals surface area contributed by atoms with Crippen molar-refractivity contribution in [3.8, 4) is 17.2 Å². The van der Waals surface area contributed by atoms with Gasteiger partial charge in [-0.25, -0.2) is 0 Å². The minimum atomic E-state index is 0.563. The first-order chi connectivity index (χ1) is 11.4. The maximum absolute atomic E-state index is 6.06. The summed E-state index contributed by atoms with van der Waals surface area (Å²) in [6.07, 6.45) is 0. The third kappa shape index (κ3) is 4.02. The summed E-state index contributed by atoms with van der Waals surface area (Å²) >= 11 is 0. The molecule has 0 fully saturated rings. The van der Waals surface area contributed by atoms with E-state index >= 15 is 0 Å². The van der Waals surface area contributed by atoms with Gasteiger partial charge in [-0.1, -0.05) is 48.5 Å². The molecule has 0 heterocycles. The van der Waals surface area contributed by atoms with Crippen LogP contribution >= 0.6 is 0 Å². The molecule has 0 N–H and O–H groups in total. The summed E-state index contributed by atoms with van der Waals surface area (Å²) in [5, 5.41) is 0. The van der Waals surface area contributed by atoms with E-state index in [0.29, 0.717) is 6.61 Å². The number of benzene rings is 3. The molecule has 0 bridgehead atoms. The zero-order chi connectivity index (χ0) is 15.9. The van der Waals surface area contributed by atoms with Crippen molar-refractivity contribution in [2.75, 3.05) is 0 Å². The van der Waals surface area contributed by atoms with E-state index in [0.717, 1.165) is 33.5 Å². The Balaban J connectivity index is 1.79. The van der Waals surface area contributed by atoms with Crippen LogP contribution in [0.25, 0.3) is 0 Å². The maximum Gasteiger partial charge on any atom is 0.130 e. The minimum Gasteiger partial charge on any atom is -0.489 e. The van der Waals surface area contributed by atoms with Crippen LogP contribution in [0.3, 0.4) is 0 Å². The van der Waals surface area contributed by atoms with Crippen LogP contribution in [0.4, 0.5) is 0 Å². The monoisotopic (exact) mass is 320 g/mol. The van der Waals surface area contributed by atoms with E-state index in [4.69, 9.17) is 9.47 Å². The lowest BCUT2D eigenvalue weighted by molar-refractivity contribution is 0.304. The molecule has 0 aliphatic carbocycles. The van der Waals surface area contributed by atoms with Gasteiger partial charge in [0.05, 0.1) is 0 Å². The molecule has 0 aliphatic rings. The SMILES string of the molecule is [SiH3]Cc1c(COc2ccccc2)cccc1Oc1ccccc1. The van der Waals surface area contributed by atoms with Gasteiger partial charge in [0.25, 0.3) is 0 Å². The van der Waals surface area contributed by atoms with Crippen molar-refractivity contribution in [2.45, 2.75) is 12.7 Å². The van der Waals surface area contributed by atoms with Crippen LogP contribution < -0.4 is 9.47 Å². The molecule has 0 spiro atoms. The lowest BCUT2D eigenvalue weighted by Crippen LogP contribution is -2.02. The molecule has 0 saturated carbocycles. The minimum absolute atomic E-state index is 0.563. The van der Waals surface area contributed by atoms with Crippen molar-refractivity contribution in [1.82, 2.24) is 0 Å². The third-order valence-corrected chi connectivity index (χ3v) is 4.40. The summed E-state index contributed by atoms with van der Waals surface area (Å²) in [4.78, 5) is 0. The largest absolute Gasteiger partial charge is 0.489 e. The second-order valence-corrected chi connectivity index (χ2v) is 5.97. The molecular weight excluding hydrogens is 300 g/mol. The van der Waals surface area contributed by atoms with Crippen molar-refractivity contribution in [3.05, 3.63) is 90.0 Å². The number of hydrogen-bond donors (Lipinski definition) is 0. The molecule has 3 rings (SSSR count). The van der Waals surface area contributed by atoms with Crippen LogP contribution in [0.15, 0.2) is 78.9 Å². The molecule has 0 aromatic heterocycles. The normalized spacial score (nSPS) is 10.4. The van der Waals surface area contributed by atoms with Gasteiger partial charge in [-0.15, -0.1) is 0 Å². The Morgan fingerprint density at radius 1 is 0.696 bits per heavy atom. The van der Waals surface area contributed by atoms with Crippen molar-refractivity contribution >= 4 is 10.2 Å². The van der Waals surface area contributed by atoms with Gasteiger partial charge >= 0.3 is 0 Å². The van der Waals surface area contributed by atoms with Gasteiger partial charge in [0.1, 0.15) is 23.9 Å². The van der Waals surface area contributed by atoms with Crippen LogP contribution in [0.2, 0.25) is 0 Å². The molecule has 0 atom stereocenters. The van der Waals surface area contributed by atoms with Crippen LogP contribution in [-0.2, 0) is 12.7 Å². The number of ether oxygens (including phenoxy) is 2. The highest BCUT2D eigenvalue weighted by atomic mass is 28.1. The predicted molar refractivity (Wildman–Crippen MR) is 97.4 cm³/mol. The molecule has 0 aliphatic heterocycles. The van der Waals surface area contributed by atoms with Crippen LogP contribution in [0.5, 0.6) is 17.2 Å². The second kappa shape index (κ2) is 7.65. The summed E-state index contributed by atoms with van der Waals surface area (Å²) in [7, 11) is 1.08. The molecule has 3 aromatic carbocycles. The van der Waals surface area contributed by atoms with Gasteiger partial charge in [0.15, 0.2) is 0 Å². The standard InChI is InChI=1S/C20H20O2Si/c23-15-19-16(14-21-17-9-3-1-4-10-17)8-7-13-20(19)22-18-11-5-2-6-12-18/h1-13H,14-15H2,23H3. The fraction of sp³-hybridized carbons (Fsp3) is 0.100. The first-order valence-electron chi connectivity index (χ1n) is 7.88. The predicted octanol–water partition coefficient (Wildman–Crippen LogP) is 3.92. The summed E-state index contributed by atoms with van der Waals surface area (Å²) < 4.78 is 12.0. The Morgan fingerprint density at radius 3 is 2.00 bits per heavy atom. The average Bonchev–Trinajstić information content (AvgIpc) is 2.62. The third-order valence-electron chi connectivity index (χ3n) is 3.69. The zero-order valence-corrected chi connectivity index (χ0v) is 15.2. The lowest BCUT2D eigenvalue weighted by atomic mass is 10.1. The summed E-state index contributed by atoms with van der Waals surface area (Å²) in [6, 6.07) is 27.0. The zero-order valence-electron chi connectivity index (χ0n) is 13.2. The molecule has 0 unspecified atom stereocenters. The highest BCUT2D eigenvalue weighted by Crippen LogP contribution is 2.28. The Kier molecular flexibility index (Phi) is 5.12. The van der Waals surface area contributed by atoms with E-state index in [1.165, 1.54) is 11.1 Å². The highest BCUT2D eigenvalue weighted by molar-refractivity contribution is 6.08. The van der Waals surface area contributed by atoms with E-state index in [2.05, 4.69) is 6.07 Å². The van der Waals surface area contributed by atoms with Crippen LogP contribution in [0, 0.1) is 0 Å². The van der Waals surface area contributed by atoms with Crippen molar-refractivity contribution in [2.24, 2.45) is 0 Å². The first kappa shape index (κ1) is 15.4. The fourth-order valence-corrected chi connectivity index (χ4v) is 3.34. The maximum atomic E-state index is 6.06. The van der Waals surface area contributed by atoms with Gasteiger partial charge in [-0.05, 0) is 47.5 Å². The van der Waals surface area contributed by atoms with Gasteiger partial charge in [0.2, 0.25) is 0 Å². The van der Waals surface area contributed by atoms with Gasteiger partial charge in [-0.2, -0.15) is 0 Å². The summed E-state index contributed by atoms with van der Waals surface area (Å²) in [5.74, 6) is 2.69. The molecule has 0 amide bonds. The van der Waals surface area contributed by atoms with Crippen molar-refractivity contribution < 1.29 is 9.47 Å². The lowest BCUT2D eigenvalue weighted by Gasteiger charge is -2.15. The van der Waals surface area contributed by atoms with E-state index in [1.54, 1.807) is 0 Å². The highest BCUT2D eigenvalue weighted by Gasteiger charge is 2.09. The Labute approximate surface area is 140 Å². The molecule has 116 valence electrons. The van der Waals surface area contributed by atoms with E-state index in [-0.39, 0.29) is 0 Å². The van der Waals surface area contributed by atoms with Crippen LogP contribution in [-0.4, -0.2) is 10.2 Å². The molecule has 3 heteroatoms. The molecular formula is C20H20O2Si. The number of hydrogen-bond acceptors (Lipinski definition) is 2. The number of para-hydroxylation sites is 2. The van der Waals surface area contributed by atoms with Gasteiger partial charge in [0, 0.05) is 10.2 Å². The Morgan fingerprint density at radius 2 is 1.35 bits per heavy atom. The van der Waals surface area contributed by atoms with Crippen molar-refractivity contribution in [3.63, 3.8) is 0 Å². The molecule has 2 nitrogen and oxygen atoms in total. The van der Waals surface area contributed by atoms with Gasteiger partial charge < -0.3 is 9.47 Å². The molecule has 3 aromatic rings. The Bertz CT molecular complexity index is 742. The quantitative estimate of drug-likeness (QED) is 0.641. The molecule has 23 heavy (non-hydrogen) atoms. The molecule has 0 saturated heterocycles. The van der Waals surface area contributed by atoms with Crippen molar-refractivity contribution in [1.29, 1.82) is 0 Å². The smallest absolute Gasteiger partial charge is 0.130 e. The van der Waals surface area contributed by atoms with Gasteiger partial charge in [-0.3, -0.25) is 0 Å². The van der Waals surface area contributed by atoms with E-state index in [9.17, 15) is 0 Å². The summed E-state index contributed by atoms with van der Waals surface area (Å²) in [5.41, 5.74) is 2.44. The number of rotatable bonds is 6. The fourth-order valence-electron chi connectivity index (χ4n) is 2.54. The first-order valence-corrected chi connectivity index (χ1v) is 9.29. The van der Waals surface area contributed by atoms with E-state index < -0.39 is 0 Å². The molecule has 0 radical (unpaired) electrons. The summed E-state index contributed by atoms with van der Waals surface area (Å²) in [6.45, 7) is 0.563. The second-order valence-electron chi connectivity index (χ2n) is 5.26. The van der Waals surface area contributed by atoms with Crippen LogP contribution in [0.1, 0.15) is 11.1 Å². The average molecular weight is 320 g/mol. The Hall–Kier alpha value is -2.52.